The van der Waals surface area contributed by atoms with Crippen molar-refractivity contribution >= 4 is 5.91 Å². The van der Waals surface area contributed by atoms with Gasteiger partial charge in [0.25, 0.3) is 5.91 Å². The summed E-state index contributed by atoms with van der Waals surface area (Å²) in [6.07, 6.45) is 2.58. The first-order chi connectivity index (χ1) is 9.99. The lowest BCUT2D eigenvalue weighted by molar-refractivity contribution is 0.0929. The molecule has 0 saturated heterocycles. The predicted octanol–water partition coefficient (Wildman–Crippen LogP) is 2.68. The van der Waals surface area contributed by atoms with Gasteiger partial charge in [-0.3, -0.25) is 9.78 Å². The van der Waals surface area contributed by atoms with E-state index in [1.54, 1.807) is 13.0 Å². The van der Waals surface area contributed by atoms with E-state index in [-0.39, 0.29) is 11.9 Å². The Balaban J connectivity index is 2.18. The van der Waals surface area contributed by atoms with E-state index in [1.165, 1.54) is 0 Å². The molecule has 0 aliphatic rings. The highest BCUT2D eigenvalue weighted by atomic mass is 16.1. The molecule has 0 bridgehead atoms. The number of hydrogen-bond acceptors (Lipinski definition) is 4. The number of carbonyl (C=O) groups is 1. The molecule has 0 spiro atoms. The maximum atomic E-state index is 12.3. The van der Waals surface area contributed by atoms with Gasteiger partial charge in [-0.25, -0.2) is 9.97 Å². The van der Waals surface area contributed by atoms with Crippen LogP contribution >= 0.6 is 0 Å². The number of aromatic nitrogens is 3. The number of carbonyl (C=O) groups excluding carboxylic acids is 1. The summed E-state index contributed by atoms with van der Waals surface area (Å²) in [4.78, 5) is 25.1. The Hall–Kier alpha value is -2.30. The van der Waals surface area contributed by atoms with Gasteiger partial charge >= 0.3 is 0 Å². The lowest BCUT2D eigenvalue weighted by Gasteiger charge is -2.16. The van der Waals surface area contributed by atoms with Gasteiger partial charge in [0.2, 0.25) is 0 Å². The van der Waals surface area contributed by atoms with Crippen LogP contribution in [0.5, 0.6) is 0 Å². The molecule has 0 aromatic carbocycles. The minimum absolute atomic E-state index is 0.117. The molecular formula is C16H20N4O. The van der Waals surface area contributed by atoms with E-state index in [1.807, 2.05) is 39.1 Å². The van der Waals surface area contributed by atoms with E-state index < -0.39 is 0 Å². The molecule has 2 rings (SSSR count). The number of rotatable bonds is 4. The number of amides is 1. The van der Waals surface area contributed by atoms with Crippen molar-refractivity contribution in [2.45, 2.75) is 40.2 Å². The van der Waals surface area contributed by atoms with E-state index in [4.69, 9.17) is 0 Å². The third-order valence-electron chi connectivity index (χ3n) is 3.20. The van der Waals surface area contributed by atoms with Gasteiger partial charge in [-0.15, -0.1) is 0 Å². The Kier molecular flexibility index (Phi) is 4.62. The summed E-state index contributed by atoms with van der Waals surface area (Å²) in [6.45, 7) is 7.64. The van der Waals surface area contributed by atoms with Crippen molar-refractivity contribution in [2.75, 3.05) is 0 Å². The van der Waals surface area contributed by atoms with Crippen LogP contribution in [0.15, 0.2) is 24.4 Å². The van der Waals surface area contributed by atoms with E-state index in [0.29, 0.717) is 11.5 Å². The number of aryl methyl sites for hydroxylation is 3. The molecule has 5 heteroatoms. The highest BCUT2D eigenvalue weighted by Gasteiger charge is 2.16. The Bertz CT molecular complexity index is 617. The van der Waals surface area contributed by atoms with Gasteiger partial charge < -0.3 is 5.32 Å². The van der Waals surface area contributed by atoms with Gasteiger partial charge in [0, 0.05) is 11.9 Å². The fourth-order valence-electron chi connectivity index (χ4n) is 2.14. The van der Waals surface area contributed by atoms with Gasteiger partial charge in [-0.2, -0.15) is 0 Å². The maximum absolute atomic E-state index is 12.3. The quantitative estimate of drug-likeness (QED) is 0.937. The average Bonchev–Trinajstić information content (AvgIpc) is 2.44. The van der Waals surface area contributed by atoms with Crippen LogP contribution in [0.4, 0.5) is 0 Å². The second-order valence-electron chi connectivity index (χ2n) is 5.14. The molecule has 5 nitrogen and oxygen atoms in total. The van der Waals surface area contributed by atoms with Crippen LogP contribution in [0, 0.1) is 20.8 Å². The van der Waals surface area contributed by atoms with Gasteiger partial charge in [-0.05, 0) is 44.9 Å². The maximum Gasteiger partial charge on any atom is 0.270 e. The molecule has 1 amide bonds. The summed E-state index contributed by atoms with van der Waals surface area (Å²) in [5.41, 5.74) is 3.14. The molecule has 0 radical (unpaired) electrons. The number of pyridine rings is 1. The second-order valence-corrected chi connectivity index (χ2v) is 5.14. The first-order valence-corrected chi connectivity index (χ1v) is 7.05. The molecule has 1 atom stereocenters. The molecule has 0 saturated carbocycles. The van der Waals surface area contributed by atoms with Crippen LogP contribution in [-0.2, 0) is 0 Å². The van der Waals surface area contributed by atoms with Gasteiger partial charge in [0.05, 0.1) is 11.7 Å². The topological polar surface area (TPSA) is 67.8 Å². The zero-order valence-corrected chi connectivity index (χ0v) is 12.8. The molecule has 110 valence electrons. The van der Waals surface area contributed by atoms with Crippen LogP contribution in [0.3, 0.4) is 0 Å². The molecule has 0 unspecified atom stereocenters. The van der Waals surface area contributed by atoms with E-state index in [2.05, 4.69) is 20.3 Å². The van der Waals surface area contributed by atoms with Crippen molar-refractivity contribution in [3.05, 3.63) is 52.9 Å². The Morgan fingerprint density at radius 2 is 2.00 bits per heavy atom. The molecule has 2 heterocycles. The lowest BCUT2D eigenvalue weighted by Crippen LogP contribution is -2.29. The normalized spacial score (nSPS) is 12.0. The summed E-state index contributed by atoms with van der Waals surface area (Å²) in [7, 11) is 0. The Morgan fingerprint density at radius 3 is 2.57 bits per heavy atom. The van der Waals surface area contributed by atoms with E-state index in [9.17, 15) is 4.79 Å². The van der Waals surface area contributed by atoms with Crippen molar-refractivity contribution in [2.24, 2.45) is 0 Å². The fraction of sp³-hybridized carbons (Fsp3) is 0.375. The van der Waals surface area contributed by atoms with Crippen LogP contribution in [0.25, 0.3) is 0 Å². The Morgan fingerprint density at radius 1 is 1.24 bits per heavy atom. The SMILES string of the molecule is CC[C@H](NC(=O)c1cc(C)nc(C)n1)c1ccc(C)cn1. The third kappa shape index (κ3) is 3.84. The largest absolute Gasteiger partial charge is 0.342 e. The Labute approximate surface area is 124 Å². The van der Waals surface area contributed by atoms with Crippen molar-refractivity contribution < 1.29 is 4.79 Å². The molecular weight excluding hydrogens is 264 g/mol. The second kappa shape index (κ2) is 6.43. The summed E-state index contributed by atoms with van der Waals surface area (Å²) in [5.74, 6) is 0.402. The van der Waals surface area contributed by atoms with Crippen LogP contribution < -0.4 is 5.32 Å². The summed E-state index contributed by atoms with van der Waals surface area (Å²) < 4.78 is 0. The molecule has 0 fully saturated rings. The van der Waals surface area contributed by atoms with Crippen molar-refractivity contribution in [3.63, 3.8) is 0 Å². The minimum Gasteiger partial charge on any atom is -0.342 e. The molecule has 2 aromatic rings. The number of nitrogens with zero attached hydrogens (tertiary/aromatic N) is 3. The molecule has 0 aliphatic carbocycles. The minimum atomic E-state index is -0.196. The summed E-state index contributed by atoms with van der Waals surface area (Å²) in [6, 6.07) is 5.52. The van der Waals surface area contributed by atoms with Crippen molar-refractivity contribution in [1.29, 1.82) is 0 Å². The smallest absolute Gasteiger partial charge is 0.270 e. The van der Waals surface area contributed by atoms with Crippen molar-refractivity contribution in [3.8, 4) is 0 Å². The molecule has 2 aromatic heterocycles. The van der Waals surface area contributed by atoms with Gasteiger partial charge in [0.15, 0.2) is 0 Å². The van der Waals surface area contributed by atoms with Crippen LogP contribution in [-0.4, -0.2) is 20.9 Å². The highest BCUT2D eigenvalue weighted by Crippen LogP contribution is 2.15. The lowest BCUT2D eigenvalue weighted by atomic mass is 10.1. The first-order valence-electron chi connectivity index (χ1n) is 7.05. The zero-order valence-electron chi connectivity index (χ0n) is 12.8. The average molecular weight is 284 g/mol. The zero-order chi connectivity index (χ0) is 15.4. The highest BCUT2D eigenvalue weighted by molar-refractivity contribution is 5.92. The summed E-state index contributed by atoms with van der Waals surface area (Å²) in [5, 5.41) is 2.98. The molecule has 21 heavy (non-hydrogen) atoms. The number of hydrogen-bond donors (Lipinski definition) is 1. The fourth-order valence-corrected chi connectivity index (χ4v) is 2.14. The van der Waals surface area contributed by atoms with Crippen LogP contribution in [0.1, 0.15) is 52.7 Å². The molecule has 1 N–H and O–H groups in total. The number of nitrogens with one attached hydrogen (secondary N) is 1. The van der Waals surface area contributed by atoms with E-state index >= 15 is 0 Å². The monoisotopic (exact) mass is 284 g/mol. The van der Waals surface area contributed by atoms with Gasteiger partial charge in [0.1, 0.15) is 11.5 Å². The van der Waals surface area contributed by atoms with Crippen molar-refractivity contribution in [1.82, 2.24) is 20.3 Å². The first kappa shape index (κ1) is 15.1. The van der Waals surface area contributed by atoms with Crippen LogP contribution in [0.2, 0.25) is 0 Å². The summed E-state index contributed by atoms with van der Waals surface area (Å²) >= 11 is 0. The van der Waals surface area contributed by atoms with Gasteiger partial charge in [-0.1, -0.05) is 13.0 Å². The predicted molar refractivity (Wildman–Crippen MR) is 81.0 cm³/mol. The standard InChI is InChI=1S/C16H20N4O/c1-5-13(14-7-6-10(2)9-17-14)20-16(21)15-8-11(3)18-12(4)19-15/h6-9,13H,5H2,1-4H3,(H,20,21)/t13-/m0/s1. The third-order valence-corrected chi connectivity index (χ3v) is 3.20. The van der Waals surface area contributed by atoms with E-state index in [0.717, 1.165) is 23.4 Å². The molecule has 0 aliphatic heterocycles.